The zero-order chi connectivity index (χ0) is 30.8. The number of rotatable bonds is 6. The summed E-state index contributed by atoms with van der Waals surface area (Å²) in [6.07, 6.45) is 3.07. The van der Waals surface area contributed by atoms with Gasteiger partial charge in [-0.15, -0.1) is 0 Å². The molecular formula is C34H37FN4O5. The van der Waals surface area contributed by atoms with Gasteiger partial charge >= 0.3 is 12.1 Å². The van der Waals surface area contributed by atoms with E-state index in [1.807, 2.05) is 56.0 Å². The van der Waals surface area contributed by atoms with E-state index in [0.717, 1.165) is 36.5 Å². The Labute approximate surface area is 255 Å². The molecule has 1 aliphatic carbocycles. The van der Waals surface area contributed by atoms with Crippen molar-refractivity contribution in [1.82, 2.24) is 14.9 Å². The Morgan fingerprint density at radius 1 is 1.02 bits per heavy atom. The van der Waals surface area contributed by atoms with Gasteiger partial charge in [-0.25, -0.2) is 9.18 Å². The lowest BCUT2D eigenvalue weighted by molar-refractivity contribution is 0.0122. The van der Waals surface area contributed by atoms with Crippen molar-refractivity contribution in [2.24, 2.45) is 5.41 Å². The molecule has 9 nitrogen and oxygen atoms in total. The third-order valence-corrected chi connectivity index (χ3v) is 9.09. The molecule has 3 aromatic carbocycles. The summed E-state index contributed by atoms with van der Waals surface area (Å²) in [6, 6.07) is 14.2. The number of aliphatic hydroxyl groups is 1. The van der Waals surface area contributed by atoms with E-state index in [1.54, 1.807) is 18.2 Å². The van der Waals surface area contributed by atoms with Crippen molar-refractivity contribution in [3.05, 3.63) is 54.3 Å². The molecule has 2 atom stereocenters. The number of ether oxygens (including phenoxy) is 2. The Kier molecular flexibility index (Phi) is 6.80. The van der Waals surface area contributed by atoms with Gasteiger partial charge in [-0.05, 0) is 81.0 Å². The minimum atomic E-state index is -0.591. The van der Waals surface area contributed by atoms with Gasteiger partial charge in [0.2, 0.25) is 0 Å². The predicted octanol–water partition coefficient (Wildman–Crippen LogP) is 6.03. The molecule has 2 N–H and O–H groups in total. The molecule has 3 aliphatic rings. The average Bonchev–Trinajstić information content (AvgIpc) is 3.72. The minimum Gasteiger partial charge on any atom is -0.508 e. The second kappa shape index (κ2) is 10.5. The Morgan fingerprint density at radius 2 is 1.75 bits per heavy atom. The van der Waals surface area contributed by atoms with Gasteiger partial charge in [0, 0.05) is 29.5 Å². The number of aliphatic hydroxyl groups excluding tert-OH is 1. The van der Waals surface area contributed by atoms with Gasteiger partial charge in [0.1, 0.15) is 22.7 Å². The molecule has 230 valence electrons. The van der Waals surface area contributed by atoms with E-state index in [-0.39, 0.29) is 54.1 Å². The number of fused-ring (bicyclic) bond motifs is 4. The molecule has 2 aliphatic heterocycles. The highest BCUT2D eigenvalue weighted by molar-refractivity contribution is 6.01. The third-order valence-electron chi connectivity index (χ3n) is 9.09. The monoisotopic (exact) mass is 600 g/mol. The van der Waals surface area contributed by atoms with E-state index in [1.165, 1.54) is 0 Å². The van der Waals surface area contributed by atoms with Crippen molar-refractivity contribution >= 4 is 33.6 Å². The molecule has 1 amide bonds. The fraction of sp³-hybridized carbons (Fsp3) is 0.441. The highest BCUT2D eigenvalue weighted by Crippen LogP contribution is 2.45. The zero-order valence-corrected chi connectivity index (χ0v) is 25.2. The molecule has 4 aromatic rings. The number of phenolic OH excluding ortho intramolecular Hbond substituents is 1. The van der Waals surface area contributed by atoms with E-state index in [9.17, 15) is 15.0 Å². The maximum atomic E-state index is 16.6. The van der Waals surface area contributed by atoms with Gasteiger partial charge in [0.15, 0.2) is 5.82 Å². The summed E-state index contributed by atoms with van der Waals surface area (Å²) >= 11 is 0. The van der Waals surface area contributed by atoms with Gasteiger partial charge in [-0.3, -0.25) is 4.90 Å². The maximum absolute atomic E-state index is 16.6. The van der Waals surface area contributed by atoms with Crippen LogP contribution in [-0.2, 0) is 4.74 Å². The molecule has 44 heavy (non-hydrogen) atoms. The fourth-order valence-electron chi connectivity index (χ4n) is 6.59. The van der Waals surface area contributed by atoms with E-state index >= 15 is 4.39 Å². The maximum Gasteiger partial charge on any atom is 0.410 e. The van der Waals surface area contributed by atoms with Crippen LogP contribution in [-0.4, -0.2) is 75.2 Å². The molecule has 3 heterocycles. The Morgan fingerprint density at radius 3 is 2.43 bits per heavy atom. The number of halogens is 1. The Balaban J connectivity index is 1.30. The molecular weight excluding hydrogens is 563 g/mol. The Hall–Kier alpha value is -4.18. The van der Waals surface area contributed by atoms with Crippen LogP contribution >= 0.6 is 0 Å². The van der Waals surface area contributed by atoms with E-state index < -0.39 is 11.4 Å². The number of anilines is 1. The Bertz CT molecular complexity index is 1750. The number of piperazine rings is 1. The number of nitrogens with zero attached hydrogens (tertiary/aromatic N) is 4. The van der Waals surface area contributed by atoms with Gasteiger partial charge in [0.05, 0.1) is 25.3 Å². The SMILES string of the molecule is CC(C)(C)OC(=O)N1C2CCC1CN(c1nc(OCC3(CO)CC3)nc3c(F)c(-c4cc(O)cc5ccccc45)ccc13)C2. The summed E-state index contributed by atoms with van der Waals surface area (Å²) in [4.78, 5) is 26.4. The molecule has 1 saturated carbocycles. The lowest BCUT2D eigenvalue weighted by Gasteiger charge is -2.42. The molecule has 2 unspecified atom stereocenters. The summed E-state index contributed by atoms with van der Waals surface area (Å²) in [5, 5.41) is 22.4. The van der Waals surface area contributed by atoms with Crippen molar-refractivity contribution in [2.75, 3.05) is 31.2 Å². The number of aromatic nitrogens is 2. The van der Waals surface area contributed by atoms with Crippen LogP contribution in [0.5, 0.6) is 11.8 Å². The van der Waals surface area contributed by atoms with Crippen molar-refractivity contribution < 1.29 is 28.9 Å². The van der Waals surface area contributed by atoms with E-state index in [2.05, 4.69) is 9.88 Å². The van der Waals surface area contributed by atoms with Gasteiger partial charge < -0.3 is 24.6 Å². The van der Waals surface area contributed by atoms with Crippen molar-refractivity contribution in [2.45, 2.75) is 64.1 Å². The summed E-state index contributed by atoms with van der Waals surface area (Å²) in [5.41, 5.74) is 0.0858. The van der Waals surface area contributed by atoms with Crippen molar-refractivity contribution in [3.8, 4) is 22.9 Å². The van der Waals surface area contributed by atoms with Crippen LogP contribution in [0, 0.1) is 11.2 Å². The first-order chi connectivity index (χ1) is 21.0. The van der Waals surface area contributed by atoms with Crippen LogP contribution in [0.4, 0.5) is 15.0 Å². The first-order valence-corrected chi connectivity index (χ1v) is 15.3. The number of carbonyl (C=O) groups excluding carboxylic acids is 1. The van der Waals surface area contributed by atoms with Crippen molar-refractivity contribution in [1.29, 1.82) is 0 Å². The molecule has 3 fully saturated rings. The van der Waals surface area contributed by atoms with Gasteiger partial charge in [-0.2, -0.15) is 9.97 Å². The lowest BCUT2D eigenvalue weighted by Crippen LogP contribution is -2.57. The topological polar surface area (TPSA) is 108 Å². The molecule has 7 rings (SSSR count). The third kappa shape index (κ3) is 5.15. The zero-order valence-electron chi connectivity index (χ0n) is 25.2. The van der Waals surface area contributed by atoms with Crippen LogP contribution in [0.15, 0.2) is 48.5 Å². The standard InChI is InChI=1S/C34H37FN4O5/c1-33(2,3)44-32(42)39-21-8-9-22(39)17-38(16-21)30-26-11-10-25(27-15-23(41)14-20-6-4-5-7-24(20)27)28(35)29(26)36-31(37-30)43-19-34(18-40)12-13-34/h4-7,10-11,14-15,21-22,40-41H,8-9,12-13,16-19H2,1-3H3. The van der Waals surface area contributed by atoms with Crippen LogP contribution in [0.3, 0.4) is 0 Å². The molecule has 0 radical (unpaired) electrons. The molecule has 2 saturated heterocycles. The molecule has 10 heteroatoms. The number of hydrogen-bond acceptors (Lipinski definition) is 8. The molecule has 1 aromatic heterocycles. The van der Waals surface area contributed by atoms with Crippen LogP contribution in [0.25, 0.3) is 32.8 Å². The highest BCUT2D eigenvalue weighted by Gasteiger charge is 2.46. The summed E-state index contributed by atoms with van der Waals surface area (Å²) in [6.45, 7) is 6.87. The molecule has 0 spiro atoms. The first kappa shape index (κ1) is 28.6. The predicted molar refractivity (Wildman–Crippen MR) is 165 cm³/mol. The van der Waals surface area contributed by atoms with E-state index in [4.69, 9.17) is 14.5 Å². The smallest absolute Gasteiger partial charge is 0.410 e. The van der Waals surface area contributed by atoms with Crippen LogP contribution < -0.4 is 9.64 Å². The minimum absolute atomic E-state index is 0.00646. The fourth-order valence-corrected chi connectivity index (χ4v) is 6.59. The quantitative estimate of drug-likeness (QED) is 0.276. The second-order valence-electron chi connectivity index (χ2n) is 13.5. The first-order valence-electron chi connectivity index (χ1n) is 15.3. The number of phenols is 1. The summed E-state index contributed by atoms with van der Waals surface area (Å²) in [7, 11) is 0. The normalized spacial score (nSPS) is 20.8. The number of aromatic hydroxyl groups is 1. The van der Waals surface area contributed by atoms with Crippen molar-refractivity contribution in [3.63, 3.8) is 0 Å². The van der Waals surface area contributed by atoms with Crippen LogP contribution in [0.2, 0.25) is 0 Å². The van der Waals surface area contributed by atoms with Gasteiger partial charge in [0.25, 0.3) is 0 Å². The van der Waals surface area contributed by atoms with E-state index in [0.29, 0.717) is 35.4 Å². The second-order valence-corrected chi connectivity index (χ2v) is 13.5. The van der Waals surface area contributed by atoms with Crippen LogP contribution in [0.1, 0.15) is 46.5 Å². The largest absolute Gasteiger partial charge is 0.508 e. The number of amides is 1. The number of carbonyl (C=O) groups is 1. The van der Waals surface area contributed by atoms with Gasteiger partial charge in [-0.1, -0.05) is 30.3 Å². The lowest BCUT2D eigenvalue weighted by atomic mass is 9.96. The molecule has 2 bridgehead atoms. The number of hydrogen-bond donors (Lipinski definition) is 2. The average molecular weight is 601 g/mol. The number of benzene rings is 3. The highest BCUT2D eigenvalue weighted by atomic mass is 19.1. The summed E-state index contributed by atoms with van der Waals surface area (Å²) < 4.78 is 28.4. The summed E-state index contributed by atoms with van der Waals surface area (Å²) in [5.74, 6) is 0.0545.